The van der Waals surface area contributed by atoms with Gasteiger partial charge >= 0.3 is 28.4 Å². The van der Waals surface area contributed by atoms with Crippen molar-refractivity contribution in [3.8, 4) is 0 Å². The Labute approximate surface area is 827 Å². The van der Waals surface area contributed by atoms with Crippen molar-refractivity contribution in [1.29, 1.82) is 0 Å². The number of nitrogens with zero attached hydrogens (tertiary/aromatic N) is 13. The summed E-state index contributed by atoms with van der Waals surface area (Å²) in [5.41, 5.74) is 25.4. The fourth-order valence-corrected chi connectivity index (χ4v) is 22.3. The SMILES string of the molecule is CC[C@H]1O[C@@H](n2cc(C)c(N)nc2=O)CC1OP([O-])(=S)OC[C@H]1O[C@@H](n2cnc3c(N)ncnc32)[C@@H](OCCOC)C1OP(=O)([O-])OC[C@H]1O[C@@H](n2cc(C)c(=O)[nH]c2=O)[C@@H](OCCOC)C1OP(=O)([O-])OC[C@H]1O[C@@H](n2cc(C)c(N)nc2=O)[C@@H](OCCOC)C1OP(=O)([S-])OC[C@H]1O[C@@H](n2cc(C)c(N)nc2=O)[C@@H](OCCOC)C1OP([O-])(=S)OC[C@H]1O[C@@H](n2cc(C)c(N)nc2=O)[C@@H](OCCOC)C1O. The number of H-pyrrole nitrogens is 1. The number of aliphatic hydroxyl groups excluding tert-OH is 1. The van der Waals surface area contributed by atoms with E-state index in [1.165, 1.54) is 96.6 Å². The number of phosphoric ester groups is 2. The van der Waals surface area contributed by atoms with Gasteiger partial charge in [-0.3, -0.25) is 50.9 Å². The summed E-state index contributed by atoms with van der Waals surface area (Å²) in [6.07, 6.45) is -30.2. The monoisotopic (exact) mass is 2180 g/mol. The normalized spacial score (nSPS) is 29.4. The van der Waals surface area contributed by atoms with Gasteiger partial charge < -0.3 is 187 Å². The van der Waals surface area contributed by atoms with Gasteiger partial charge in [-0.1, -0.05) is 30.5 Å². The van der Waals surface area contributed by atoms with Crippen molar-refractivity contribution >= 4 is 112 Å². The maximum Gasteiger partial charge on any atom is 0.351 e. The van der Waals surface area contributed by atoms with Crippen LogP contribution in [0.15, 0.2) is 72.4 Å². The van der Waals surface area contributed by atoms with Crippen molar-refractivity contribution in [3.63, 3.8) is 0 Å². The summed E-state index contributed by atoms with van der Waals surface area (Å²) in [6, 6.07) is 0. The summed E-state index contributed by atoms with van der Waals surface area (Å²) in [6.45, 7) is -14.2. The lowest BCUT2D eigenvalue weighted by Crippen LogP contribution is -2.42. The number of fused-ring (bicyclic) bond motifs is 1. The van der Waals surface area contributed by atoms with Gasteiger partial charge in [0.2, 0.25) is 0 Å². The van der Waals surface area contributed by atoms with Crippen molar-refractivity contribution in [2.45, 2.75) is 196 Å². The van der Waals surface area contributed by atoms with Gasteiger partial charge in [0.1, 0.15) is 146 Å². The molecule has 12 N–H and O–H groups in total. The molecular formula is C76H109N19O40P5S3-5. The quantitative estimate of drug-likeness (QED) is 0.0110. The van der Waals surface area contributed by atoms with Crippen LogP contribution >= 0.6 is 35.9 Å². The van der Waals surface area contributed by atoms with Gasteiger partial charge in [-0.2, -0.15) is 19.9 Å². The maximum atomic E-state index is 15.5. The van der Waals surface area contributed by atoms with Crippen LogP contribution < -0.4 is 82.2 Å². The topological polar surface area (TPSA) is 772 Å². The van der Waals surface area contributed by atoms with Crippen LogP contribution in [0.25, 0.3) is 11.2 Å². The molecule has 796 valence electrons. The van der Waals surface area contributed by atoms with Gasteiger partial charge in [0.25, 0.3) is 21.2 Å². The Bertz CT molecular complexity index is 6220. The van der Waals surface area contributed by atoms with Gasteiger partial charge in [0, 0.05) is 101 Å². The summed E-state index contributed by atoms with van der Waals surface area (Å²) in [7, 11) is -5.75. The van der Waals surface area contributed by atoms with Gasteiger partial charge in [0.05, 0.1) is 118 Å². The second-order valence-electron chi connectivity index (χ2n) is 32.9. The van der Waals surface area contributed by atoms with Crippen molar-refractivity contribution in [3.05, 3.63) is 134 Å². The fraction of sp³-hybridized carbons (Fsp3) is 0.671. The highest BCUT2D eigenvalue weighted by atomic mass is 32.7. The van der Waals surface area contributed by atoms with Crippen LogP contribution in [-0.2, 0) is 171 Å². The second-order valence-corrected chi connectivity index (χ2v) is 43.8. The van der Waals surface area contributed by atoms with Gasteiger partial charge in [-0.15, -0.1) is 0 Å². The lowest BCUT2D eigenvalue weighted by molar-refractivity contribution is -0.241. The first kappa shape index (κ1) is 113. The number of nitrogen functional groups attached to an aromatic ring is 5. The molecule has 11 unspecified atom stereocenters. The summed E-state index contributed by atoms with van der Waals surface area (Å²) in [5, 5.41) is 11.8. The third-order valence-corrected chi connectivity index (χ3v) is 29.8. The molecule has 67 heteroatoms. The van der Waals surface area contributed by atoms with E-state index in [4.69, 9.17) is 186 Å². The molecule has 0 bridgehead atoms. The first-order valence-corrected chi connectivity index (χ1v) is 54.4. The predicted octanol–water partition coefficient (Wildman–Crippen LogP) is -3.67. The highest BCUT2D eigenvalue weighted by Gasteiger charge is 2.57. The lowest BCUT2D eigenvalue weighted by atomic mass is 10.1. The van der Waals surface area contributed by atoms with E-state index >= 15 is 23.5 Å². The van der Waals surface area contributed by atoms with Gasteiger partial charge in [-0.05, 0) is 41.0 Å². The van der Waals surface area contributed by atoms with E-state index in [9.17, 15) is 43.7 Å². The number of methoxy groups -OCH3 is 5. The summed E-state index contributed by atoms with van der Waals surface area (Å²) in [5.74, 6) is -0.679. The average molecular weight is 2180 g/mol. The zero-order valence-electron chi connectivity index (χ0n) is 78.4. The first-order chi connectivity index (χ1) is 67.8. The Balaban J connectivity index is 0.796. The number of ether oxygens (including phenoxy) is 16. The highest BCUT2D eigenvalue weighted by Crippen LogP contribution is 2.56. The molecule has 28 atom stereocenters. The molecule has 13 rings (SSSR count). The van der Waals surface area contributed by atoms with Crippen molar-refractivity contribution in [1.82, 2.24) is 67.3 Å². The molecular weight excluding hydrogens is 2070 g/mol. The van der Waals surface area contributed by atoms with Crippen LogP contribution in [0, 0.1) is 34.6 Å². The standard InChI is InChI=1S/C76H114N19O40P5S3/c1-12-41-42(23-48(125-41)90-24-36(2)60(77)85-72(90)98)131-138(107,141)123-32-46-52(57(117-20-15-112-9)71(130-46)95-35-84-49-64(81)82-34-83-65(49)95)133-136(103,104)120-30-44-51(56(116-19-14-111-8)68(127-44)94-28-40(6)66(97)89-76(94)102)132-137(105,106)121-31-45-53(58(118-21-16-113-10)69(128-45)92-26-38(4)62(79)87-74(92)100)134-140(109,143)124-33-47-54(59(119-22-17-114-11)70(129-47)93-27-39(5)63(80)88-75(93)101)135-139(108,142)122-29-43-50(96)55(115-18-13-110-7)67(126-43)91-25-37(3)61(78)86-73(91)99/h24-28,34-35,41-48,50-59,67-71,96H,12-23,29-33H2,1-11H3,(H,103,104)(H,105,106)(H,107,141)(H,108,142)(H,109,143)(H2,77,85,98)(H2,78,86,99)(H2,79,87,100)(H2,80,88,101)(H2,81,82,83)(H,89,97,102)/p-5/t41-,42?,43-,44-,45-,46-,47-,48-,50?,51?,52?,53?,54?,55+,56+,57+,58+,59+,67-,68-,69-,70-,71-,138?,139?,140?/m1/s1. The first-order valence-electron chi connectivity index (χ1n) is 43.8. The highest BCUT2D eigenvalue weighted by molar-refractivity contribution is 8.32. The molecule has 0 radical (unpaired) electrons. The van der Waals surface area contributed by atoms with Crippen LogP contribution in [0.5, 0.6) is 0 Å². The zero-order valence-corrected chi connectivity index (χ0v) is 85.3. The molecule has 0 aliphatic carbocycles. The van der Waals surface area contributed by atoms with Crippen LogP contribution in [-0.4, -0.2) is 311 Å². The molecule has 6 aliphatic heterocycles. The molecule has 6 fully saturated rings. The molecule has 0 saturated carbocycles. The number of aromatic nitrogens is 14. The van der Waals surface area contributed by atoms with E-state index in [-0.39, 0.29) is 123 Å². The van der Waals surface area contributed by atoms with Gasteiger partial charge in [-0.25, -0.2) is 38.9 Å². The number of rotatable bonds is 52. The molecule has 59 nitrogen and oxygen atoms in total. The fourth-order valence-electron chi connectivity index (χ4n) is 16.1. The van der Waals surface area contributed by atoms with Crippen LogP contribution in [0.3, 0.4) is 0 Å². The van der Waals surface area contributed by atoms with Crippen LogP contribution in [0.1, 0.15) is 85.0 Å². The maximum absolute atomic E-state index is 15.5. The van der Waals surface area contributed by atoms with E-state index in [1.807, 2.05) is 0 Å². The number of nitrogens with one attached hydrogen (secondary N) is 1. The Morgan fingerprint density at radius 2 is 0.769 bits per heavy atom. The minimum Gasteiger partial charge on any atom is -0.780 e. The number of aromatic amines is 1. The Hall–Kier alpha value is -7.15. The largest absolute Gasteiger partial charge is 0.780 e. The second kappa shape index (κ2) is 49.1. The van der Waals surface area contributed by atoms with Crippen molar-refractivity contribution in [2.24, 2.45) is 0 Å². The average Bonchev–Trinajstić information content (AvgIpc) is 1.61. The number of anilines is 5. The van der Waals surface area contributed by atoms with Crippen molar-refractivity contribution < 1.29 is 159 Å². The van der Waals surface area contributed by atoms with E-state index < -0.39 is 257 Å². The smallest absolute Gasteiger partial charge is 0.351 e. The van der Waals surface area contributed by atoms with Crippen LogP contribution in [0.4, 0.5) is 29.1 Å². The summed E-state index contributed by atoms with van der Waals surface area (Å²) in [4.78, 5) is 172. The molecule has 13 heterocycles. The Morgan fingerprint density at radius 3 is 1.20 bits per heavy atom. The molecule has 6 saturated heterocycles. The number of hydrogen-bond acceptors (Lipinski definition) is 55. The van der Waals surface area contributed by atoms with E-state index in [2.05, 4.69) is 39.9 Å². The molecule has 7 aromatic heterocycles. The number of phosphoric acid groups is 2. The Morgan fingerprint density at radius 1 is 0.420 bits per heavy atom. The molecule has 7 aromatic rings. The van der Waals surface area contributed by atoms with E-state index in [1.54, 1.807) is 20.8 Å². The minimum absolute atomic E-state index is 0.0106. The number of aliphatic hydroxyl groups is 1. The zero-order chi connectivity index (χ0) is 104. The third-order valence-electron chi connectivity index (χ3n) is 23.2. The van der Waals surface area contributed by atoms with Crippen molar-refractivity contribution in [2.75, 3.05) is 163 Å². The van der Waals surface area contributed by atoms with E-state index in [0.29, 0.717) is 11.1 Å². The molecule has 0 spiro atoms. The Kier molecular flexibility index (Phi) is 38.8. The minimum atomic E-state index is -6.24. The summed E-state index contributed by atoms with van der Waals surface area (Å²) >= 11 is 16.7. The molecule has 0 aromatic carbocycles. The number of imidazole rings is 1. The number of hydrogen-bond donors (Lipinski definition) is 7. The van der Waals surface area contributed by atoms with Gasteiger partial charge in [0.15, 0.2) is 49.4 Å². The summed E-state index contributed by atoms with van der Waals surface area (Å²) < 4.78 is 206. The number of nitrogens with two attached hydrogens (primary N) is 5. The predicted molar refractivity (Wildman–Crippen MR) is 492 cm³/mol. The molecule has 0 amide bonds. The van der Waals surface area contributed by atoms with Crippen LogP contribution in [0.2, 0.25) is 0 Å². The lowest BCUT2D eigenvalue weighted by Gasteiger charge is -2.36. The third kappa shape index (κ3) is 27.6. The number of aryl methyl sites for hydroxylation is 5. The molecule has 143 heavy (non-hydrogen) atoms. The van der Waals surface area contributed by atoms with E-state index in [0.717, 1.165) is 30.8 Å². The molecule has 6 aliphatic rings.